The van der Waals surface area contributed by atoms with E-state index in [4.69, 9.17) is 4.74 Å². The van der Waals surface area contributed by atoms with Crippen molar-refractivity contribution in [1.29, 1.82) is 0 Å². The van der Waals surface area contributed by atoms with Crippen LogP contribution in [0.15, 0.2) is 51.4 Å². The van der Waals surface area contributed by atoms with Crippen molar-refractivity contribution in [1.82, 2.24) is 5.32 Å². The highest BCUT2D eigenvalue weighted by Crippen LogP contribution is 2.42. The minimum absolute atomic E-state index is 0.0558. The van der Waals surface area contributed by atoms with Crippen LogP contribution in [0.4, 0.5) is 0 Å². The van der Waals surface area contributed by atoms with Crippen LogP contribution in [-0.4, -0.2) is 35.7 Å². The lowest BCUT2D eigenvalue weighted by molar-refractivity contribution is -0.137. The highest BCUT2D eigenvalue weighted by molar-refractivity contribution is 8.04. The monoisotopic (exact) mass is 360 g/mol. The topological polar surface area (TPSA) is 70.9 Å². The SMILES string of the molecule is COC1=CC=C(NC2=C3SCC(C(=O)O)N=C3CC(C)(C)C2)CC=C1. The van der Waals surface area contributed by atoms with Crippen LogP contribution < -0.4 is 5.32 Å². The molecule has 1 heterocycles. The Labute approximate surface area is 152 Å². The molecule has 134 valence electrons. The van der Waals surface area contributed by atoms with E-state index in [1.165, 1.54) is 0 Å². The van der Waals surface area contributed by atoms with E-state index < -0.39 is 12.0 Å². The molecule has 0 amide bonds. The number of aliphatic imine (C=N–C) groups is 1. The molecule has 2 aliphatic carbocycles. The van der Waals surface area contributed by atoms with Crippen molar-refractivity contribution in [2.24, 2.45) is 10.4 Å². The summed E-state index contributed by atoms with van der Waals surface area (Å²) in [5.41, 5.74) is 3.24. The molecule has 2 N–H and O–H groups in total. The van der Waals surface area contributed by atoms with Gasteiger partial charge >= 0.3 is 5.97 Å². The molecule has 3 aliphatic rings. The predicted molar refractivity (Wildman–Crippen MR) is 101 cm³/mol. The minimum atomic E-state index is -0.842. The number of nitrogens with one attached hydrogen (secondary N) is 1. The van der Waals surface area contributed by atoms with E-state index in [1.54, 1.807) is 18.9 Å². The molecular weight excluding hydrogens is 336 g/mol. The minimum Gasteiger partial charge on any atom is -0.497 e. The number of thioether (sulfide) groups is 1. The molecular formula is C19H24N2O3S. The standard InChI is InChI=1S/C19H24N2O3S/c1-19(2)9-14(20-12-5-4-6-13(24-3)8-7-12)17-15(10-19)21-16(11-25-17)18(22)23/h4,6-8,16,20H,5,9-11H2,1-3H3,(H,22,23). The summed E-state index contributed by atoms with van der Waals surface area (Å²) in [6.45, 7) is 4.40. The summed E-state index contributed by atoms with van der Waals surface area (Å²) in [7, 11) is 1.66. The Morgan fingerprint density at radius 1 is 1.40 bits per heavy atom. The number of hydrogen-bond donors (Lipinski definition) is 2. The average molecular weight is 360 g/mol. The molecule has 25 heavy (non-hydrogen) atoms. The fourth-order valence-electron chi connectivity index (χ4n) is 3.25. The maximum Gasteiger partial charge on any atom is 0.329 e. The van der Waals surface area contributed by atoms with E-state index in [2.05, 4.69) is 30.2 Å². The van der Waals surface area contributed by atoms with Crippen LogP contribution in [0.5, 0.6) is 0 Å². The second-order valence-electron chi connectivity index (χ2n) is 7.26. The molecule has 0 fully saturated rings. The fraction of sp³-hybridized carbons (Fsp3) is 0.474. The van der Waals surface area contributed by atoms with Crippen molar-refractivity contribution in [3.63, 3.8) is 0 Å². The molecule has 0 bridgehead atoms. The Kier molecular flexibility index (Phi) is 5.08. The Morgan fingerprint density at radius 2 is 2.20 bits per heavy atom. The summed E-state index contributed by atoms with van der Waals surface area (Å²) in [6.07, 6.45) is 10.6. The zero-order chi connectivity index (χ0) is 18.0. The smallest absolute Gasteiger partial charge is 0.329 e. The van der Waals surface area contributed by atoms with Gasteiger partial charge in [-0.05, 0) is 36.5 Å². The van der Waals surface area contributed by atoms with E-state index >= 15 is 0 Å². The van der Waals surface area contributed by atoms with Crippen LogP contribution in [-0.2, 0) is 9.53 Å². The second-order valence-corrected chi connectivity index (χ2v) is 8.29. The number of ether oxygens (including phenoxy) is 1. The number of carboxylic acid groups (broad SMARTS) is 1. The van der Waals surface area contributed by atoms with Gasteiger partial charge in [-0.25, -0.2) is 4.79 Å². The first-order chi connectivity index (χ1) is 11.9. The Balaban J connectivity index is 1.90. The Hall–Kier alpha value is -1.95. The summed E-state index contributed by atoms with van der Waals surface area (Å²) in [4.78, 5) is 16.9. The van der Waals surface area contributed by atoms with Gasteiger partial charge in [-0.2, -0.15) is 0 Å². The number of carboxylic acids is 1. The van der Waals surface area contributed by atoms with Crippen LogP contribution in [0.25, 0.3) is 0 Å². The first-order valence-corrected chi connectivity index (χ1v) is 9.41. The van der Waals surface area contributed by atoms with Crippen LogP contribution in [0.1, 0.15) is 33.1 Å². The highest BCUT2D eigenvalue weighted by atomic mass is 32.2. The molecule has 6 heteroatoms. The largest absolute Gasteiger partial charge is 0.497 e. The van der Waals surface area contributed by atoms with Gasteiger partial charge in [0.25, 0.3) is 0 Å². The Morgan fingerprint density at radius 3 is 2.92 bits per heavy atom. The highest BCUT2D eigenvalue weighted by Gasteiger charge is 2.36. The molecule has 1 aliphatic heterocycles. The van der Waals surface area contributed by atoms with Gasteiger partial charge in [0.15, 0.2) is 6.04 Å². The molecule has 0 radical (unpaired) electrons. The van der Waals surface area contributed by atoms with Crippen molar-refractivity contribution >= 4 is 23.4 Å². The van der Waals surface area contributed by atoms with Gasteiger partial charge in [0, 0.05) is 28.5 Å². The Bertz CT molecular complexity index is 729. The zero-order valence-corrected chi connectivity index (χ0v) is 15.7. The number of aliphatic carboxylic acids is 1. The number of rotatable bonds is 4. The molecule has 1 unspecified atom stereocenters. The van der Waals surface area contributed by atoms with Crippen molar-refractivity contribution in [2.75, 3.05) is 12.9 Å². The van der Waals surface area contributed by atoms with Crippen molar-refractivity contribution in [3.05, 3.63) is 46.4 Å². The molecule has 1 atom stereocenters. The maximum absolute atomic E-state index is 11.3. The van der Waals surface area contributed by atoms with Gasteiger partial charge < -0.3 is 15.2 Å². The van der Waals surface area contributed by atoms with Gasteiger partial charge in [0.1, 0.15) is 5.76 Å². The molecule has 0 aromatic carbocycles. The van der Waals surface area contributed by atoms with Gasteiger partial charge in [-0.1, -0.05) is 19.9 Å². The average Bonchev–Trinajstić information content (AvgIpc) is 2.78. The van der Waals surface area contributed by atoms with Gasteiger partial charge in [-0.3, -0.25) is 4.99 Å². The normalized spacial score (nSPS) is 25.2. The second kappa shape index (κ2) is 7.12. The zero-order valence-electron chi connectivity index (χ0n) is 14.8. The van der Waals surface area contributed by atoms with E-state index in [-0.39, 0.29) is 5.41 Å². The number of fused-ring (bicyclic) bond motifs is 1. The van der Waals surface area contributed by atoms with Gasteiger partial charge in [0.2, 0.25) is 0 Å². The van der Waals surface area contributed by atoms with E-state index in [0.717, 1.165) is 47.0 Å². The van der Waals surface area contributed by atoms with Crippen LogP contribution in [0.2, 0.25) is 0 Å². The molecule has 5 nitrogen and oxygen atoms in total. The summed E-state index contributed by atoms with van der Waals surface area (Å²) in [6, 6.07) is -0.633. The summed E-state index contributed by atoms with van der Waals surface area (Å²) in [5, 5.41) is 12.9. The van der Waals surface area contributed by atoms with Gasteiger partial charge in [-0.15, -0.1) is 11.8 Å². The number of nitrogens with zero attached hydrogens (tertiary/aromatic N) is 1. The molecule has 0 spiro atoms. The lowest BCUT2D eigenvalue weighted by Crippen LogP contribution is -2.35. The predicted octanol–water partition coefficient (Wildman–Crippen LogP) is 3.62. The third-order valence-electron chi connectivity index (χ3n) is 4.44. The third kappa shape index (κ3) is 4.18. The van der Waals surface area contributed by atoms with E-state index in [9.17, 15) is 9.90 Å². The molecule has 0 saturated heterocycles. The summed E-state index contributed by atoms with van der Waals surface area (Å²) in [5.74, 6) is 0.481. The molecule has 3 rings (SSSR count). The molecule has 0 saturated carbocycles. The molecule has 0 aromatic heterocycles. The van der Waals surface area contributed by atoms with Gasteiger partial charge in [0.05, 0.1) is 12.8 Å². The number of carbonyl (C=O) groups is 1. The number of allylic oxidation sites excluding steroid dienone is 6. The van der Waals surface area contributed by atoms with Crippen LogP contribution in [0.3, 0.4) is 0 Å². The van der Waals surface area contributed by atoms with E-state index in [1.807, 2.05) is 18.2 Å². The van der Waals surface area contributed by atoms with Crippen molar-refractivity contribution in [3.8, 4) is 0 Å². The summed E-state index contributed by atoms with van der Waals surface area (Å²) >= 11 is 1.61. The van der Waals surface area contributed by atoms with Crippen molar-refractivity contribution in [2.45, 2.75) is 39.2 Å². The lowest BCUT2D eigenvalue weighted by Gasteiger charge is -2.36. The first kappa shape index (κ1) is 17.9. The van der Waals surface area contributed by atoms with Crippen LogP contribution in [0, 0.1) is 5.41 Å². The quantitative estimate of drug-likeness (QED) is 0.801. The fourth-order valence-corrected chi connectivity index (χ4v) is 4.38. The summed E-state index contributed by atoms with van der Waals surface area (Å²) < 4.78 is 5.27. The molecule has 0 aromatic rings. The maximum atomic E-state index is 11.3. The number of hydrogen-bond acceptors (Lipinski definition) is 5. The lowest BCUT2D eigenvalue weighted by atomic mass is 9.78. The third-order valence-corrected chi connectivity index (χ3v) is 5.69. The number of methoxy groups -OCH3 is 1. The van der Waals surface area contributed by atoms with Crippen molar-refractivity contribution < 1.29 is 14.6 Å². The first-order valence-electron chi connectivity index (χ1n) is 8.42. The van der Waals surface area contributed by atoms with Crippen LogP contribution >= 0.6 is 11.8 Å². The van der Waals surface area contributed by atoms with E-state index in [0.29, 0.717) is 5.75 Å².